The van der Waals surface area contributed by atoms with Gasteiger partial charge in [-0.05, 0) is 26.0 Å². The highest BCUT2D eigenvalue weighted by atomic mass is 16.5. The van der Waals surface area contributed by atoms with Crippen molar-refractivity contribution in [2.24, 2.45) is 0 Å². The third-order valence-corrected chi connectivity index (χ3v) is 3.20. The molecule has 0 radical (unpaired) electrons. The Morgan fingerprint density at radius 3 is 2.86 bits per heavy atom. The van der Waals surface area contributed by atoms with Crippen LogP contribution in [0.1, 0.15) is 25.6 Å². The maximum absolute atomic E-state index is 12.1. The lowest BCUT2D eigenvalue weighted by Gasteiger charge is -2.13. The number of hydrogen-bond acceptors (Lipinski definition) is 4. The van der Waals surface area contributed by atoms with Crippen molar-refractivity contribution >= 4 is 22.9 Å². The van der Waals surface area contributed by atoms with Gasteiger partial charge in [0.05, 0.1) is 23.1 Å². The van der Waals surface area contributed by atoms with E-state index in [1.807, 2.05) is 28.8 Å². The third kappa shape index (κ3) is 2.65. The second kappa shape index (κ2) is 5.40. The summed E-state index contributed by atoms with van der Waals surface area (Å²) in [5, 5.41) is 6.59. The zero-order chi connectivity index (χ0) is 14.8. The summed E-state index contributed by atoms with van der Waals surface area (Å²) < 4.78 is 6.73. The number of nitrogens with one attached hydrogen (secondary N) is 1. The van der Waals surface area contributed by atoms with Gasteiger partial charge in [0.15, 0.2) is 0 Å². The third-order valence-electron chi connectivity index (χ3n) is 3.20. The summed E-state index contributed by atoms with van der Waals surface area (Å²) in [5.41, 5.74) is 2.46. The zero-order valence-corrected chi connectivity index (χ0v) is 11.9. The van der Waals surface area contributed by atoms with E-state index in [0.717, 1.165) is 11.0 Å². The van der Waals surface area contributed by atoms with Gasteiger partial charge >= 0.3 is 0 Å². The van der Waals surface area contributed by atoms with Crippen molar-refractivity contribution in [3.63, 3.8) is 0 Å². The van der Waals surface area contributed by atoms with Crippen LogP contribution in [-0.2, 0) is 11.2 Å². The summed E-state index contributed by atoms with van der Waals surface area (Å²) >= 11 is 0. The topological polar surface area (TPSA) is 73.0 Å². The van der Waals surface area contributed by atoms with E-state index in [9.17, 15) is 4.79 Å². The number of benzene rings is 1. The molecule has 21 heavy (non-hydrogen) atoms. The quantitative estimate of drug-likeness (QED) is 0.799. The van der Waals surface area contributed by atoms with Crippen LogP contribution in [0.15, 0.2) is 41.1 Å². The number of anilines is 1. The van der Waals surface area contributed by atoms with Gasteiger partial charge in [-0.25, -0.2) is 4.98 Å². The van der Waals surface area contributed by atoms with Crippen LogP contribution < -0.4 is 5.32 Å². The van der Waals surface area contributed by atoms with Crippen molar-refractivity contribution < 1.29 is 9.32 Å². The van der Waals surface area contributed by atoms with Crippen molar-refractivity contribution in [2.45, 2.75) is 26.3 Å². The second-order valence-electron chi connectivity index (χ2n) is 5.10. The molecule has 6 nitrogen and oxygen atoms in total. The van der Waals surface area contributed by atoms with E-state index in [1.54, 1.807) is 6.07 Å². The summed E-state index contributed by atoms with van der Waals surface area (Å²) in [4.78, 5) is 16.6. The largest absolute Gasteiger partial charge is 0.364 e. The summed E-state index contributed by atoms with van der Waals surface area (Å²) in [7, 11) is 0. The van der Waals surface area contributed by atoms with Gasteiger partial charge in [-0.3, -0.25) is 10.1 Å². The minimum absolute atomic E-state index is 0.164. The SMILES string of the molecule is CC(C)n1c(NC(=O)Cc2ccon2)nc2ccccc21. The Morgan fingerprint density at radius 1 is 1.33 bits per heavy atom. The average Bonchev–Trinajstić information content (AvgIpc) is 3.04. The van der Waals surface area contributed by atoms with Gasteiger partial charge in [-0.15, -0.1) is 0 Å². The molecule has 0 aliphatic heterocycles. The first-order valence-corrected chi connectivity index (χ1v) is 6.81. The Hall–Kier alpha value is -2.63. The fourth-order valence-electron chi connectivity index (χ4n) is 2.32. The van der Waals surface area contributed by atoms with E-state index < -0.39 is 0 Å². The first-order chi connectivity index (χ1) is 10.1. The number of fused-ring (bicyclic) bond motifs is 1. The van der Waals surface area contributed by atoms with Gasteiger partial charge in [-0.1, -0.05) is 17.3 Å². The smallest absolute Gasteiger partial charge is 0.232 e. The number of carbonyl (C=O) groups is 1. The number of hydrogen-bond donors (Lipinski definition) is 1. The molecule has 0 spiro atoms. The lowest BCUT2D eigenvalue weighted by atomic mass is 10.3. The molecule has 0 saturated carbocycles. The molecule has 0 bridgehead atoms. The van der Waals surface area contributed by atoms with E-state index >= 15 is 0 Å². The predicted molar refractivity (Wildman–Crippen MR) is 79.0 cm³/mol. The molecule has 2 aromatic heterocycles. The normalized spacial score (nSPS) is 11.2. The summed E-state index contributed by atoms with van der Waals surface area (Å²) in [6, 6.07) is 9.69. The molecule has 2 heterocycles. The van der Waals surface area contributed by atoms with Gasteiger partial charge < -0.3 is 9.09 Å². The molecule has 1 aromatic carbocycles. The van der Waals surface area contributed by atoms with Crippen LogP contribution in [-0.4, -0.2) is 20.6 Å². The van der Waals surface area contributed by atoms with Gasteiger partial charge in [-0.2, -0.15) is 0 Å². The molecule has 108 valence electrons. The molecule has 0 unspecified atom stereocenters. The van der Waals surface area contributed by atoms with Crippen molar-refractivity contribution in [3.8, 4) is 0 Å². The highest BCUT2D eigenvalue weighted by Gasteiger charge is 2.15. The monoisotopic (exact) mass is 284 g/mol. The predicted octanol–water partition coefficient (Wildman–Crippen LogP) is 2.79. The average molecular weight is 284 g/mol. The lowest BCUT2D eigenvalue weighted by molar-refractivity contribution is -0.115. The van der Waals surface area contributed by atoms with Crippen LogP contribution in [0.3, 0.4) is 0 Å². The first kappa shape index (κ1) is 13.4. The fourth-order valence-corrected chi connectivity index (χ4v) is 2.32. The molecule has 0 aliphatic rings. The van der Waals surface area contributed by atoms with E-state index in [-0.39, 0.29) is 18.4 Å². The van der Waals surface area contributed by atoms with Gasteiger partial charge in [0, 0.05) is 12.1 Å². The molecule has 3 rings (SSSR count). The molecule has 6 heteroatoms. The second-order valence-corrected chi connectivity index (χ2v) is 5.10. The molecule has 1 amide bonds. The highest BCUT2D eigenvalue weighted by Crippen LogP contribution is 2.24. The minimum atomic E-state index is -0.166. The molecule has 0 fully saturated rings. The standard InChI is InChI=1S/C15H16N4O2/c1-10(2)19-13-6-4-3-5-12(13)16-15(19)17-14(20)9-11-7-8-21-18-11/h3-8,10H,9H2,1-2H3,(H,16,17,20). The number of carbonyl (C=O) groups excluding carboxylic acids is 1. The molecule has 3 aromatic rings. The van der Waals surface area contributed by atoms with Crippen LogP contribution in [0.2, 0.25) is 0 Å². The van der Waals surface area contributed by atoms with E-state index in [1.165, 1.54) is 6.26 Å². The molecular formula is C15H16N4O2. The van der Waals surface area contributed by atoms with Gasteiger partial charge in [0.25, 0.3) is 0 Å². The number of amides is 1. The summed E-state index contributed by atoms with van der Waals surface area (Å²) in [5.74, 6) is 0.390. The molecule has 1 N–H and O–H groups in total. The maximum Gasteiger partial charge on any atom is 0.232 e. The molecular weight excluding hydrogens is 268 g/mol. The zero-order valence-electron chi connectivity index (χ0n) is 11.9. The van der Waals surface area contributed by atoms with Crippen molar-refractivity contribution in [2.75, 3.05) is 5.32 Å². The Balaban J connectivity index is 1.89. The first-order valence-electron chi connectivity index (χ1n) is 6.81. The number of para-hydroxylation sites is 2. The van der Waals surface area contributed by atoms with Crippen LogP contribution in [0.4, 0.5) is 5.95 Å². The van der Waals surface area contributed by atoms with Crippen LogP contribution in [0.25, 0.3) is 11.0 Å². The number of aromatic nitrogens is 3. The fraction of sp³-hybridized carbons (Fsp3) is 0.267. The van der Waals surface area contributed by atoms with Crippen molar-refractivity contribution in [1.82, 2.24) is 14.7 Å². The molecule has 0 saturated heterocycles. The molecule has 0 aliphatic carbocycles. The highest BCUT2D eigenvalue weighted by molar-refractivity contribution is 5.92. The number of imidazole rings is 1. The van der Waals surface area contributed by atoms with Gasteiger partial charge in [0.1, 0.15) is 6.26 Å². The van der Waals surface area contributed by atoms with E-state index in [0.29, 0.717) is 11.6 Å². The van der Waals surface area contributed by atoms with Crippen LogP contribution in [0.5, 0.6) is 0 Å². The summed E-state index contributed by atoms with van der Waals surface area (Å²) in [6.45, 7) is 4.11. The number of nitrogens with zero attached hydrogens (tertiary/aromatic N) is 3. The lowest BCUT2D eigenvalue weighted by Crippen LogP contribution is -2.18. The van der Waals surface area contributed by atoms with Crippen LogP contribution >= 0.6 is 0 Å². The Labute approximate surface area is 121 Å². The van der Waals surface area contributed by atoms with Crippen LogP contribution in [0, 0.1) is 0 Å². The Kier molecular flexibility index (Phi) is 3.43. The number of rotatable bonds is 4. The van der Waals surface area contributed by atoms with E-state index in [2.05, 4.69) is 29.3 Å². The molecule has 0 atom stereocenters. The maximum atomic E-state index is 12.1. The van der Waals surface area contributed by atoms with E-state index in [4.69, 9.17) is 4.52 Å². The Morgan fingerprint density at radius 2 is 2.14 bits per heavy atom. The van der Waals surface area contributed by atoms with Crippen molar-refractivity contribution in [3.05, 3.63) is 42.3 Å². The minimum Gasteiger partial charge on any atom is -0.364 e. The van der Waals surface area contributed by atoms with Gasteiger partial charge in [0.2, 0.25) is 11.9 Å². The summed E-state index contributed by atoms with van der Waals surface area (Å²) in [6.07, 6.45) is 1.61. The van der Waals surface area contributed by atoms with Crippen molar-refractivity contribution in [1.29, 1.82) is 0 Å². The Bertz CT molecular complexity index is 759.